The predicted molar refractivity (Wildman–Crippen MR) is 81.1 cm³/mol. The number of likely N-dealkylation sites (tertiary alicyclic amines) is 1. The molecule has 4 heteroatoms. The third-order valence-electron chi connectivity index (χ3n) is 4.31. The Labute approximate surface area is 120 Å². The van der Waals surface area contributed by atoms with Crippen LogP contribution in [0.4, 0.5) is 0 Å². The summed E-state index contributed by atoms with van der Waals surface area (Å²) >= 11 is 0. The summed E-state index contributed by atoms with van der Waals surface area (Å²) in [6, 6.07) is 8.62. The second kappa shape index (κ2) is 5.83. The zero-order valence-corrected chi connectivity index (χ0v) is 12.3. The Morgan fingerprint density at radius 2 is 2.35 bits per heavy atom. The maximum Gasteiger partial charge on any atom is 0.119 e. The zero-order valence-electron chi connectivity index (χ0n) is 12.3. The maximum absolute atomic E-state index is 5.33. The SMILES string of the molecule is CCCN1CCC2=NNC(c3cccc(OC)c3)C2C1. The Morgan fingerprint density at radius 1 is 1.45 bits per heavy atom. The fraction of sp³-hybridized carbons (Fsp3) is 0.562. The lowest BCUT2D eigenvalue weighted by Crippen LogP contribution is -2.42. The minimum Gasteiger partial charge on any atom is -0.497 e. The summed E-state index contributed by atoms with van der Waals surface area (Å²) in [5, 5.41) is 4.56. The summed E-state index contributed by atoms with van der Waals surface area (Å²) in [5.74, 6) is 1.42. The van der Waals surface area contributed by atoms with Crippen molar-refractivity contribution < 1.29 is 4.74 Å². The number of nitrogens with one attached hydrogen (secondary N) is 1. The van der Waals surface area contributed by atoms with Crippen molar-refractivity contribution >= 4 is 5.71 Å². The summed E-state index contributed by atoms with van der Waals surface area (Å²) in [4.78, 5) is 2.56. The Morgan fingerprint density at radius 3 is 3.15 bits per heavy atom. The van der Waals surface area contributed by atoms with Crippen LogP contribution in [-0.4, -0.2) is 37.4 Å². The topological polar surface area (TPSA) is 36.9 Å². The van der Waals surface area contributed by atoms with Crippen molar-refractivity contribution in [2.75, 3.05) is 26.7 Å². The van der Waals surface area contributed by atoms with E-state index in [9.17, 15) is 0 Å². The highest BCUT2D eigenvalue weighted by Gasteiger charge is 2.36. The normalized spacial score (nSPS) is 25.8. The predicted octanol–water partition coefficient (Wildman–Crippen LogP) is 2.43. The van der Waals surface area contributed by atoms with Crippen LogP contribution < -0.4 is 10.2 Å². The van der Waals surface area contributed by atoms with Crippen molar-refractivity contribution in [1.82, 2.24) is 10.3 Å². The maximum atomic E-state index is 5.33. The molecule has 3 rings (SSSR count). The summed E-state index contributed by atoms with van der Waals surface area (Å²) in [6.07, 6.45) is 2.31. The van der Waals surface area contributed by atoms with E-state index < -0.39 is 0 Å². The highest BCUT2D eigenvalue weighted by atomic mass is 16.5. The van der Waals surface area contributed by atoms with Crippen LogP contribution >= 0.6 is 0 Å². The van der Waals surface area contributed by atoms with E-state index in [1.54, 1.807) is 7.11 Å². The minimum atomic E-state index is 0.291. The number of hydrogen-bond donors (Lipinski definition) is 1. The molecule has 2 unspecified atom stereocenters. The van der Waals surface area contributed by atoms with Crippen molar-refractivity contribution in [3.63, 3.8) is 0 Å². The van der Waals surface area contributed by atoms with Gasteiger partial charge in [-0.05, 0) is 30.7 Å². The van der Waals surface area contributed by atoms with E-state index in [4.69, 9.17) is 4.74 Å². The molecule has 0 radical (unpaired) electrons. The van der Waals surface area contributed by atoms with Crippen LogP contribution in [0, 0.1) is 5.92 Å². The summed E-state index contributed by atoms with van der Waals surface area (Å²) in [6.45, 7) is 5.70. The van der Waals surface area contributed by atoms with E-state index in [1.807, 2.05) is 6.07 Å². The van der Waals surface area contributed by atoms with Crippen molar-refractivity contribution in [1.29, 1.82) is 0 Å². The second-order valence-corrected chi connectivity index (χ2v) is 5.64. The number of nitrogens with zero attached hydrogens (tertiary/aromatic N) is 2. The van der Waals surface area contributed by atoms with Gasteiger partial charge < -0.3 is 15.1 Å². The number of rotatable bonds is 4. The number of ether oxygens (including phenoxy) is 1. The molecule has 0 spiro atoms. The van der Waals surface area contributed by atoms with Gasteiger partial charge >= 0.3 is 0 Å². The van der Waals surface area contributed by atoms with Crippen LogP contribution in [0.1, 0.15) is 31.4 Å². The molecule has 1 aromatic rings. The molecule has 2 heterocycles. The zero-order chi connectivity index (χ0) is 13.9. The molecule has 1 saturated heterocycles. The highest BCUT2D eigenvalue weighted by Crippen LogP contribution is 2.33. The van der Waals surface area contributed by atoms with Crippen molar-refractivity contribution in [3.8, 4) is 5.75 Å². The highest BCUT2D eigenvalue weighted by molar-refractivity contribution is 5.89. The third kappa shape index (κ3) is 2.52. The third-order valence-corrected chi connectivity index (χ3v) is 4.31. The summed E-state index contributed by atoms with van der Waals surface area (Å²) in [5.41, 5.74) is 5.94. The van der Waals surface area contributed by atoms with Gasteiger partial charge in [-0.15, -0.1) is 0 Å². The number of hydrazone groups is 1. The number of piperidine rings is 1. The molecule has 4 nitrogen and oxygen atoms in total. The molecule has 1 fully saturated rings. The lowest BCUT2D eigenvalue weighted by Gasteiger charge is -2.33. The van der Waals surface area contributed by atoms with Crippen molar-refractivity contribution in [2.24, 2.45) is 11.0 Å². The first-order chi connectivity index (χ1) is 9.81. The van der Waals surface area contributed by atoms with Crippen LogP contribution in [0.15, 0.2) is 29.4 Å². The first-order valence-corrected chi connectivity index (χ1v) is 7.50. The molecular weight excluding hydrogens is 250 g/mol. The summed E-state index contributed by atoms with van der Waals surface area (Å²) < 4.78 is 5.33. The minimum absolute atomic E-state index is 0.291. The molecule has 2 atom stereocenters. The number of fused-ring (bicyclic) bond motifs is 1. The van der Waals surface area contributed by atoms with Crippen LogP contribution in [0.25, 0.3) is 0 Å². The van der Waals surface area contributed by atoms with Crippen LogP contribution in [0.3, 0.4) is 0 Å². The molecular formula is C16H23N3O. The van der Waals surface area contributed by atoms with Gasteiger partial charge in [-0.25, -0.2) is 0 Å². The second-order valence-electron chi connectivity index (χ2n) is 5.64. The van der Waals surface area contributed by atoms with Crippen molar-refractivity contribution in [3.05, 3.63) is 29.8 Å². The standard InChI is InChI=1S/C16H23N3O/c1-3-8-19-9-7-15-14(11-19)16(18-17-15)12-5-4-6-13(10-12)20-2/h4-6,10,14,16,18H,3,7-9,11H2,1-2H3. The van der Waals surface area contributed by atoms with Crippen LogP contribution in [0.5, 0.6) is 5.75 Å². The van der Waals surface area contributed by atoms with E-state index in [1.165, 1.54) is 24.2 Å². The fourth-order valence-corrected chi connectivity index (χ4v) is 3.27. The van der Waals surface area contributed by atoms with E-state index in [0.717, 1.165) is 25.3 Å². The smallest absolute Gasteiger partial charge is 0.119 e. The van der Waals surface area contributed by atoms with Crippen molar-refractivity contribution in [2.45, 2.75) is 25.8 Å². The number of hydrogen-bond acceptors (Lipinski definition) is 4. The monoisotopic (exact) mass is 273 g/mol. The Bertz CT molecular complexity index is 500. The molecule has 1 aromatic carbocycles. The fourth-order valence-electron chi connectivity index (χ4n) is 3.27. The van der Waals surface area contributed by atoms with E-state index in [-0.39, 0.29) is 0 Å². The van der Waals surface area contributed by atoms with Gasteiger partial charge in [0, 0.05) is 31.1 Å². The van der Waals surface area contributed by atoms with Gasteiger partial charge in [0.15, 0.2) is 0 Å². The van der Waals surface area contributed by atoms with Crippen LogP contribution in [0.2, 0.25) is 0 Å². The average Bonchev–Trinajstić information content (AvgIpc) is 2.91. The van der Waals surface area contributed by atoms with E-state index >= 15 is 0 Å². The van der Waals surface area contributed by atoms with Crippen LogP contribution in [-0.2, 0) is 0 Å². The molecule has 2 aliphatic rings. The quantitative estimate of drug-likeness (QED) is 0.915. The Hall–Kier alpha value is -1.55. The van der Waals surface area contributed by atoms with Gasteiger partial charge in [-0.3, -0.25) is 0 Å². The number of methoxy groups -OCH3 is 1. The van der Waals surface area contributed by atoms with E-state index in [0.29, 0.717) is 12.0 Å². The molecule has 108 valence electrons. The molecule has 1 N–H and O–H groups in total. The van der Waals surface area contributed by atoms with Gasteiger partial charge in [0.25, 0.3) is 0 Å². The Kier molecular flexibility index (Phi) is 3.92. The molecule has 0 aromatic heterocycles. The first-order valence-electron chi connectivity index (χ1n) is 7.50. The first kappa shape index (κ1) is 13.4. The molecule has 0 saturated carbocycles. The molecule has 20 heavy (non-hydrogen) atoms. The summed E-state index contributed by atoms with van der Waals surface area (Å²) in [7, 11) is 1.71. The van der Waals surface area contributed by atoms with Gasteiger partial charge in [-0.1, -0.05) is 19.1 Å². The molecule has 0 bridgehead atoms. The molecule has 2 aliphatic heterocycles. The Balaban J connectivity index is 1.77. The largest absolute Gasteiger partial charge is 0.497 e. The van der Waals surface area contributed by atoms with E-state index in [2.05, 4.69) is 40.5 Å². The lowest BCUT2D eigenvalue weighted by atomic mass is 9.86. The van der Waals surface area contributed by atoms with Gasteiger partial charge in [-0.2, -0.15) is 5.10 Å². The lowest BCUT2D eigenvalue weighted by molar-refractivity contribution is 0.228. The average molecular weight is 273 g/mol. The van der Waals surface area contributed by atoms with Gasteiger partial charge in [0.2, 0.25) is 0 Å². The van der Waals surface area contributed by atoms with Gasteiger partial charge in [0.1, 0.15) is 5.75 Å². The molecule has 0 amide bonds. The number of benzene rings is 1. The molecule has 0 aliphatic carbocycles. The van der Waals surface area contributed by atoms with Gasteiger partial charge in [0.05, 0.1) is 13.2 Å².